The molecule has 0 spiro atoms. The first kappa shape index (κ1) is 15.0. The molecule has 1 N–H and O–H groups in total. The fraction of sp³-hybridized carbons (Fsp3) is 0.125. The van der Waals surface area contributed by atoms with Gasteiger partial charge in [-0.25, -0.2) is 9.78 Å². The van der Waals surface area contributed by atoms with Crippen molar-refractivity contribution in [3.8, 4) is 5.75 Å². The van der Waals surface area contributed by atoms with E-state index >= 15 is 0 Å². The molecular weight excluding hydrogens is 306 g/mol. The minimum Gasteiger partial charge on any atom is -0.508 e. The van der Waals surface area contributed by atoms with Crippen molar-refractivity contribution in [3.05, 3.63) is 59.9 Å². The average Bonchev–Trinajstić information content (AvgIpc) is 2.91. The van der Waals surface area contributed by atoms with Gasteiger partial charge in [0.1, 0.15) is 12.4 Å². The molecule has 0 saturated heterocycles. The molecular formula is C16H12F2N2O3. The van der Waals surface area contributed by atoms with Crippen LogP contribution in [-0.2, 0) is 11.3 Å². The van der Waals surface area contributed by atoms with Gasteiger partial charge in [0, 0.05) is 0 Å². The summed E-state index contributed by atoms with van der Waals surface area (Å²) in [7, 11) is 0. The van der Waals surface area contributed by atoms with Crippen LogP contribution in [0.1, 0.15) is 22.7 Å². The second kappa shape index (κ2) is 6.04. The number of imidazole rings is 1. The Hall–Kier alpha value is -2.96. The molecule has 3 rings (SSSR count). The maximum atomic E-state index is 13.2. The maximum absolute atomic E-state index is 13.2. The lowest BCUT2D eigenvalue weighted by molar-refractivity contribution is 0.0387. The van der Waals surface area contributed by atoms with E-state index in [1.165, 1.54) is 30.3 Å². The first-order valence-electron chi connectivity index (χ1n) is 6.76. The van der Waals surface area contributed by atoms with Crippen molar-refractivity contribution in [3.63, 3.8) is 0 Å². The van der Waals surface area contributed by atoms with Gasteiger partial charge in [0.15, 0.2) is 5.82 Å². The molecule has 0 bridgehead atoms. The number of fused-ring (bicyclic) bond motifs is 1. The summed E-state index contributed by atoms with van der Waals surface area (Å²) < 4.78 is 32.2. The third kappa shape index (κ3) is 2.98. The number of alkyl halides is 2. The molecule has 0 aliphatic carbocycles. The van der Waals surface area contributed by atoms with Crippen LogP contribution < -0.4 is 0 Å². The normalized spacial score (nSPS) is 11.1. The van der Waals surface area contributed by atoms with Crippen LogP contribution in [0.25, 0.3) is 11.0 Å². The third-order valence-corrected chi connectivity index (χ3v) is 3.28. The minimum atomic E-state index is -2.79. The summed E-state index contributed by atoms with van der Waals surface area (Å²) >= 11 is 0. The van der Waals surface area contributed by atoms with E-state index < -0.39 is 19.1 Å². The van der Waals surface area contributed by atoms with Crippen LogP contribution in [0.5, 0.6) is 5.75 Å². The molecule has 0 aliphatic rings. The summed E-state index contributed by atoms with van der Waals surface area (Å²) in [6, 6.07) is 12.0. The lowest BCUT2D eigenvalue weighted by Crippen LogP contribution is -2.10. The van der Waals surface area contributed by atoms with Crippen LogP contribution in [0.15, 0.2) is 48.5 Å². The number of phenolic OH excluding ortho intramolecular Hbond substituents is 1. The number of esters is 1. The number of rotatable bonds is 4. The largest absolute Gasteiger partial charge is 0.508 e. The number of para-hydroxylation sites is 2. The molecule has 0 atom stereocenters. The highest BCUT2D eigenvalue weighted by atomic mass is 19.3. The maximum Gasteiger partial charge on any atom is 0.338 e. The third-order valence-electron chi connectivity index (χ3n) is 3.28. The number of hydrogen-bond acceptors (Lipinski definition) is 4. The van der Waals surface area contributed by atoms with E-state index in [0.29, 0.717) is 5.52 Å². The second-order valence-corrected chi connectivity index (χ2v) is 4.79. The van der Waals surface area contributed by atoms with Gasteiger partial charge in [-0.05, 0) is 30.3 Å². The second-order valence-electron chi connectivity index (χ2n) is 4.79. The van der Waals surface area contributed by atoms with Crippen LogP contribution in [0.4, 0.5) is 8.78 Å². The SMILES string of the molecule is O=C(OCc1nc2ccccc2n1C(F)F)c1cccc(O)c1. The van der Waals surface area contributed by atoms with Crippen LogP contribution in [0, 0.1) is 0 Å². The van der Waals surface area contributed by atoms with Crippen LogP contribution >= 0.6 is 0 Å². The molecule has 0 fully saturated rings. The standard InChI is InChI=1S/C16H12F2N2O3/c17-16(18)20-13-7-2-1-6-12(13)19-14(20)9-23-15(22)10-4-3-5-11(21)8-10/h1-8,16,21H,9H2. The van der Waals surface area contributed by atoms with Crippen LogP contribution in [-0.4, -0.2) is 20.6 Å². The Balaban J connectivity index is 1.84. The monoisotopic (exact) mass is 318 g/mol. The lowest BCUT2D eigenvalue weighted by Gasteiger charge is -2.08. The zero-order chi connectivity index (χ0) is 16.4. The number of nitrogens with zero attached hydrogens (tertiary/aromatic N) is 2. The van der Waals surface area contributed by atoms with Crippen molar-refractivity contribution in [2.75, 3.05) is 0 Å². The van der Waals surface area contributed by atoms with E-state index in [-0.39, 0.29) is 22.7 Å². The first-order valence-corrected chi connectivity index (χ1v) is 6.76. The van der Waals surface area contributed by atoms with Crippen molar-refractivity contribution in [1.29, 1.82) is 0 Å². The number of phenols is 1. The van der Waals surface area contributed by atoms with E-state index in [2.05, 4.69) is 4.98 Å². The minimum absolute atomic E-state index is 0.0466. The zero-order valence-corrected chi connectivity index (χ0v) is 11.8. The number of halogens is 2. The van der Waals surface area contributed by atoms with Crippen molar-refractivity contribution in [2.45, 2.75) is 13.2 Å². The predicted octanol–water partition coefficient (Wildman–Crippen LogP) is 3.49. The highest BCUT2D eigenvalue weighted by molar-refractivity contribution is 5.89. The smallest absolute Gasteiger partial charge is 0.338 e. The molecule has 0 saturated carbocycles. The quantitative estimate of drug-likeness (QED) is 0.748. The summed E-state index contributed by atoms with van der Waals surface area (Å²) in [6.45, 7) is -3.19. The topological polar surface area (TPSA) is 64.3 Å². The summed E-state index contributed by atoms with van der Waals surface area (Å²) in [4.78, 5) is 16.0. The Morgan fingerprint density at radius 1 is 1.22 bits per heavy atom. The van der Waals surface area contributed by atoms with Gasteiger partial charge in [0.25, 0.3) is 0 Å². The molecule has 0 amide bonds. The number of hydrogen-bond donors (Lipinski definition) is 1. The predicted molar refractivity (Wildman–Crippen MR) is 78.2 cm³/mol. The number of carbonyl (C=O) groups is 1. The summed E-state index contributed by atoms with van der Waals surface area (Å²) in [6.07, 6.45) is 0. The fourth-order valence-electron chi connectivity index (χ4n) is 2.26. The summed E-state index contributed by atoms with van der Waals surface area (Å²) in [5.74, 6) is -0.859. The Kier molecular flexibility index (Phi) is 3.92. The van der Waals surface area contributed by atoms with Gasteiger partial charge in [-0.15, -0.1) is 0 Å². The highest BCUT2D eigenvalue weighted by Crippen LogP contribution is 2.23. The van der Waals surface area contributed by atoms with E-state index in [1.54, 1.807) is 18.2 Å². The molecule has 2 aromatic carbocycles. The zero-order valence-electron chi connectivity index (χ0n) is 11.8. The Morgan fingerprint density at radius 3 is 2.74 bits per heavy atom. The van der Waals surface area contributed by atoms with Crippen LogP contribution in [0.2, 0.25) is 0 Å². The molecule has 0 radical (unpaired) electrons. The summed E-state index contributed by atoms with van der Waals surface area (Å²) in [5, 5.41) is 9.34. The molecule has 1 heterocycles. The summed E-state index contributed by atoms with van der Waals surface area (Å²) in [5.41, 5.74) is 0.798. The lowest BCUT2D eigenvalue weighted by atomic mass is 10.2. The van der Waals surface area contributed by atoms with Crippen molar-refractivity contribution in [1.82, 2.24) is 9.55 Å². The van der Waals surface area contributed by atoms with Gasteiger partial charge in [0.05, 0.1) is 16.6 Å². The van der Waals surface area contributed by atoms with Gasteiger partial charge in [0.2, 0.25) is 0 Å². The molecule has 118 valence electrons. The Bertz CT molecular complexity index is 861. The highest BCUT2D eigenvalue weighted by Gasteiger charge is 2.19. The molecule has 0 unspecified atom stereocenters. The Labute approximate surface area is 129 Å². The van der Waals surface area contributed by atoms with Crippen molar-refractivity contribution >= 4 is 17.0 Å². The van der Waals surface area contributed by atoms with Gasteiger partial charge in [-0.3, -0.25) is 4.57 Å². The van der Waals surface area contributed by atoms with Gasteiger partial charge in [-0.1, -0.05) is 18.2 Å². The number of aromatic hydroxyl groups is 1. The number of aromatic nitrogens is 2. The van der Waals surface area contributed by atoms with Gasteiger partial charge >= 0.3 is 12.5 Å². The van der Waals surface area contributed by atoms with E-state index in [1.807, 2.05) is 0 Å². The Morgan fingerprint density at radius 2 is 2.00 bits per heavy atom. The van der Waals surface area contributed by atoms with Crippen LogP contribution in [0.3, 0.4) is 0 Å². The van der Waals surface area contributed by atoms with E-state index in [9.17, 15) is 18.7 Å². The average molecular weight is 318 g/mol. The number of ether oxygens (including phenoxy) is 1. The molecule has 5 nitrogen and oxygen atoms in total. The molecule has 0 aliphatic heterocycles. The molecule has 1 aromatic heterocycles. The van der Waals surface area contributed by atoms with E-state index in [0.717, 1.165) is 4.57 Å². The number of benzene rings is 2. The first-order chi connectivity index (χ1) is 11.1. The molecule has 3 aromatic rings. The van der Waals surface area contributed by atoms with Crippen molar-refractivity contribution in [2.24, 2.45) is 0 Å². The number of carbonyl (C=O) groups excluding carboxylic acids is 1. The fourth-order valence-corrected chi connectivity index (χ4v) is 2.26. The van der Waals surface area contributed by atoms with Gasteiger partial charge < -0.3 is 9.84 Å². The van der Waals surface area contributed by atoms with Gasteiger partial charge in [-0.2, -0.15) is 8.78 Å². The van der Waals surface area contributed by atoms with Crippen molar-refractivity contribution < 1.29 is 23.4 Å². The van der Waals surface area contributed by atoms with E-state index in [4.69, 9.17) is 4.74 Å². The molecule has 23 heavy (non-hydrogen) atoms. The molecule has 7 heteroatoms.